The number of aromatic nitrogens is 2. The third-order valence-electron chi connectivity index (χ3n) is 3.15. The lowest BCUT2D eigenvalue weighted by Crippen LogP contribution is -2.23. The molecule has 0 bridgehead atoms. The first-order chi connectivity index (χ1) is 9.74. The third-order valence-corrected chi connectivity index (χ3v) is 3.15. The Morgan fingerprint density at radius 3 is 2.90 bits per heavy atom. The molecular formula is C15H13N3O2. The number of hydrogen-bond acceptors (Lipinski definition) is 4. The standard InChI is InChI=1S/C15H13N3O2/c1-3-8-20-17-12-10-6-4-5-7-11(10)15(19)14-13(12)16-9-18(14)2/h3-7,9H,1,8H2,2H3/b17-12-. The molecule has 100 valence electrons. The van der Waals surface area contributed by atoms with E-state index in [1.54, 1.807) is 30.1 Å². The van der Waals surface area contributed by atoms with Gasteiger partial charge in [0.2, 0.25) is 5.78 Å². The van der Waals surface area contributed by atoms with E-state index in [1.165, 1.54) is 0 Å². The maximum absolute atomic E-state index is 12.5. The number of nitrogens with zero attached hydrogens (tertiary/aromatic N) is 3. The zero-order valence-corrected chi connectivity index (χ0v) is 11.0. The normalized spacial score (nSPS) is 14.8. The second kappa shape index (κ2) is 4.77. The second-order valence-electron chi connectivity index (χ2n) is 4.45. The van der Waals surface area contributed by atoms with Crippen LogP contribution in [0.5, 0.6) is 0 Å². The van der Waals surface area contributed by atoms with Gasteiger partial charge in [-0.25, -0.2) is 4.98 Å². The number of oxime groups is 1. The molecule has 1 aliphatic carbocycles. The van der Waals surface area contributed by atoms with E-state index in [0.717, 1.165) is 5.56 Å². The van der Waals surface area contributed by atoms with Crippen LogP contribution in [-0.2, 0) is 11.9 Å². The Balaban J connectivity index is 2.20. The van der Waals surface area contributed by atoms with Crippen molar-refractivity contribution in [1.82, 2.24) is 9.55 Å². The number of hydrogen-bond donors (Lipinski definition) is 0. The highest BCUT2D eigenvalue weighted by atomic mass is 16.6. The van der Waals surface area contributed by atoms with Crippen LogP contribution in [0.3, 0.4) is 0 Å². The molecule has 2 aromatic rings. The molecule has 20 heavy (non-hydrogen) atoms. The monoisotopic (exact) mass is 267 g/mol. The zero-order valence-electron chi connectivity index (χ0n) is 11.0. The first-order valence-electron chi connectivity index (χ1n) is 6.20. The molecule has 0 fully saturated rings. The quantitative estimate of drug-likeness (QED) is 0.414. The summed E-state index contributed by atoms with van der Waals surface area (Å²) in [5, 5.41) is 4.12. The van der Waals surface area contributed by atoms with Gasteiger partial charge in [-0.3, -0.25) is 4.79 Å². The van der Waals surface area contributed by atoms with Crippen molar-refractivity contribution in [3.63, 3.8) is 0 Å². The van der Waals surface area contributed by atoms with E-state index in [0.29, 0.717) is 29.3 Å². The summed E-state index contributed by atoms with van der Waals surface area (Å²) in [6, 6.07) is 7.33. The topological polar surface area (TPSA) is 56.5 Å². The fourth-order valence-corrected chi connectivity index (χ4v) is 2.26. The molecule has 1 aromatic carbocycles. The predicted molar refractivity (Wildman–Crippen MR) is 74.9 cm³/mol. The van der Waals surface area contributed by atoms with Crippen LogP contribution in [0.25, 0.3) is 0 Å². The summed E-state index contributed by atoms with van der Waals surface area (Å²) < 4.78 is 1.70. The second-order valence-corrected chi connectivity index (χ2v) is 4.45. The predicted octanol–water partition coefficient (Wildman–Crippen LogP) is 1.92. The largest absolute Gasteiger partial charge is 0.391 e. The van der Waals surface area contributed by atoms with Crippen LogP contribution in [0.1, 0.15) is 27.3 Å². The Labute approximate surface area is 116 Å². The minimum Gasteiger partial charge on any atom is -0.391 e. The molecule has 0 amide bonds. The van der Waals surface area contributed by atoms with Gasteiger partial charge in [-0.15, -0.1) is 0 Å². The summed E-state index contributed by atoms with van der Waals surface area (Å²) in [6.45, 7) is 3.89. The molecule has 0 saturated heterocycles. The average molecular weight is 267 g/mol. The maximum atomic E-state index is 12.5. The van der Waals surface area contributed by atoms with Crippen LogP contribution in [0.4, 0.5) is 0 Å². The molecule has 1 aromatic heterocycles. The SMILES string of the molecule is C=CCO/N=C1/c2ccccc2C(=O)c2c1ncn2C. The Kier molecular flexibility index (Phi) is 2.95. The molecule has 0 atom stereocenters. The van der Waals surface area contributed by atoms with Crippen molar-refractivity contribution in [3.05, 3.63) is 65.8 Å². The molecule has 0 N–H and O–H groups in total. The van der Waals surface area contributed by atoms with E-state index < -0.39 is 0 Å². The van der Waals surface area contributed by atoms with Gasteiger partial charge in [-0.05, 0) is 0 Å². The Bertz CT molecular complexity index is 728. The summed E-state index contributed by atoms with van der Waals surface area (Å²) in [5.41, 5.74) is 3.03. The molecule has 1 heterocycles. The van der Waals surface area contributed by atoms with Gasteiger partial charge in [0.15, 0.2) is 0 Å². The molecule has 5 nitrogen and oxygen atoms in total. The van der Waals surface area contributed by atoms with E-state index in [1.807, 2.05) is 18.2 Å². The number of ketones is 1. The lowest BCUT2D eigenvalue weighted by atomic mass is 9.89. The lowest BCUT2D eigenvalue weighted by Gasteiger charge is -2.16. The van der Waals surface area contributed by atoms with E-state index in [-0.39, 0.29) is 5.78 Å². The van der Waals surface area contributed by atoms with Gasteiger partial charge in [0, 0.05) is 18.2 Å². The van der Waals surface area contributed by atoms with Gasteiger partial charge in [0.1, 0.15) is 23.7 Å². The number of aryl methyl sites for hydroxylation is 1. The Morgan fingerprint density at radius 2 is 2.15 bits per heavy atom. The van der Waals surface area contributed by atoms with Crippen molar-refractivity contribution < 1.29 is 9.63 Å². The fourth-order valence-electron chi connectivity index (χ4n) is 2.26. The smallest absolute Gasteiger partial charge is 0.212 e. The van der Waals surface area contributed by atoms with Crippen molar-refractivity contribution >= 4 is 11.5 Å². The van der Waals surface area contributed by atoms with Gasteiger partial charge < -0.3 is 9.40 Å². The van der Waals surface area contributed by atoms with Gasteiger partial charge in [-0.1, -0.05) is 42.1 Å². The zero-order chi connectivity index (χ0) is 14.1. The molecule has 1 aliphatic rings. The van der Waals surface area contributed by atoms with E-state index in [2.05, 4.69) is 16.7 Å². The highest BCUT2D eigenvalue weighted by molar-refractivity contribution is 6.28. The maximum Gasteiger partial charge on any atom is 0.212 e. The number of carbonyl (C=O) groups excluding carboxylic acids is 1. The summed E-state index contributed by atoms with van der Waals surface area (Å²) in [7, 11) is 1.79. The lowest BCUT2D eigenvalue weighted by molar-refractivity contribution is 0.102. The average Bonchev–Trinajstić information content (AvgIpc) is 2.85. The van der Waals surface area contributed by atoms with Crippen LogP contribution in [0, 0.1) is 0 Å². The molecule has 3 rings (SSSR count). The molecule has 0 unspecified atom stereocenters. The molecular weight excluding hydrogens is 254 g/mol. The first kappa shape index (κ1) is 12.3. The molecule has 5 heteroatoms. The van der Waals surface area contributed by atoms with Crippen LogP contribution in [0.2, 0.25) is 0 Å². The van der Waals surface area contributed by atoms with Crippen LogP contribution >= 0.6 is 0 Å². The third kappa shape index (κ3) is 1.75. The van der Waals surface area contributed by atoms with E-state index >= 15 is 0 Å². The fraction of sp³-hybridized carbons (Fsp3) is 0.133. The summed E-state index contributed by atoms with van der Waals surface area (Å²) in [5.74, 6) is -0.0433. The van der Waals surface area contributed by atoms with Crippen molar-refractivity contribution in [2.45, 2.75) is 0 Å². The summed E-state index contributed by atoms with van der Waals surface area (Å²) in [4.78, 5) is 22.0. The number of benzene rings is 1. The number of rotatable bonds is 3. The highest BCUT2D eigenvalue weighted by Crippen LogP contribution is 2.26. The van der Waals surface area contributed by atoms with Crippen molar-refractivity contribution in [2.24, 2.45) is 12.2 Å². The van der Waals surface area contributed by atoms with E-state index in [4.69, 9.17) is 4.84 Å². The van der Waals surface area contributed by atoms with Gasteiger partial charge in [0.05, 0.1) is 6.33 Å². The van der Waals surface area contributed by atoms with Gasteiger partial charge in [0.25, 0.3) is 0 Å². The van der Waals surface area contributed by atoms with Crippen molar-refractivity contribution in [2.75, 3.05) is 6.61 Å². The van der Waals surface area contributed by atoms with Gasteiger partial charge >= 0.3 is 0 Å². The summed E-state index contributed by atoms with van der Waals surface area (Å²) >= 11 is 0. The molecule has 0 radical (unpaired) electrons. The van der Waals surface area contributed by atoms with Crippen molar-refractivity contribution in [1.29, 1.82) is 0 Å². The number of carbonyl (C=O) groups is 1. The van der Waals surface area contributed by atoms with E-state index in [9.17, 15) is 4.79 Å². The van der Waals surface area contributed by atoms with Crippen LogP contribution in [-0.4, -0.2) is 27.7 Å². The molecule has 0 aliphatic heterocycles. The Morgan fingerprint density at radius 1 is 1.40 bits per heavy atom. The van der Waals surface area contributed by atoms with Gasteiger partial charge in [-0.2, -0.15) is 0 Å². The Hall–Kier alpha value is -2.69. The first-order valence-corrected chi connectivity index (χ1v) is 6.20. The van der Waals surface area contributed by atoms with Crippen LogP contribution < -0.4 is 0 Å². The minimum atomic E-state index is -0.0433. The van der Waals surface area contributed by atoms with Crippen LogP contribution in [0.15, 0.2) is 48.4 Å². The van der Waals surface area contributed by atoms with Crippen molar-refractivity contribution in [3.8, 4) is 0 Å². The summed E-state index contributed by atoms with van der Waals surface area (Å²) in [6.07, 6.45) is 3.22. The number of imidazole rings is 1. The molecule has 0 spiro atoms. The number of fused-ring (bicyclic) bond motifs is 2. The highest BCUT2D eigenvalue weighted by Gasteiger charge is 2.32. The molecule has 0 saturated carbocycles. The minimum absolute atomic E-state index is 0.0433.